The van der Waals surface area contributed by atoms with Gasteiger partial charge in [-0.15, -0.1) is 0 Å². The predicted molar refractivity (Wildman–Crippen MR) is 353 cm³/mol. The summed E-state index contributed by atoms with van der Waals surface area (Å²) in [6, 6.07) is 22.7. The molecule has 0 fully saturated rings. The van der Waals surface area contributed by atoms with Gasteiger partial charge in [-0.1, -0.05) is 257 Å². The summed E-state index contributed by atoms with van der Waals surface area (Å²) in [4.78, 5) is 29.2. The van der Waals surface area contributed by atoms with E-state index in [-0.39, 0.29) is 29.2 Å². The third-order valence-corrected chi connectivity index (χ3v) is 23.6. The van der Waals surface area contributed by atoms with Crippen LogP contribution in [0.3, 0.4) is 0 Å². The first-order valence-corrected chi connectivity index (χ1v) is 37.8. The van der Waals surface area contributed by atoms with Crippen LogP contribution in [0, 0.1) is 0 Å². The van der Waals surface area contributed by atoms with Gasteiger partial charge < -0.3 is 18.8 Å². The van der Waals surface area contributed by atoms with Crippen molar-refractivity contribution in [2.24, 2.45) is 0 Å². The Morgan fingerprint density at radius 1 is 0.443 bits per heavy atom. The van der Waals surface area contributed by atoms with E-state index in [0.29, 0.717) is 18.9 Å². The minimum Gasteiger partial charge on any atom is -0.461 e. The molecule has 2 rings (SSSR count). The zero-order chi connectivity index (χ0) is 57.3. The van der Waals surface area contributed by atoms with Crippen LogP contribution in [-0.4, -0.2) is 86.1 Å². The molecule has 0 saturated carbocycles. The number of ether oxygens (including phenoxy) is 2. The normalized spacial score (nSPS) is 13.2. The highest BCUT2D eigenvalue weighted by molar-refractivity contribution is 7.99. The highest BCUT2D eigenvalue weighted by Crippen LogP contribution is 2.37. The van der Waals surface area contributed by atoms with E-state index >= 15 is 0 Å². The Balaban J connectivity index is 2.16. The van der Waals surface area contributed by atoms with Gasteiger partial charge in [-0.05, 0) is 123 Å². The predicted octanol–water partition coefficient (Wildman–Crippen LogP) is 20.1. The molecule has 0 N–H and O–H groups in total. The Labute approximate surface area is 499 Å². The van der Waals surface area contributed by atoms with Crippen LogP contribution in [-0.2, 0) is 23.5 Å². The van der Waals surface area contributed by atoms with Gasteiger partial charge in [0.05, 0.1) is 0 Å². The lowest BCUT2D eigenvalue weighted by atomic mass is 9.98. The van der Waals surface area contributed by atoms with E-state index in [1.54, 1.807) is 0 Å². The Bertz CT molecular complexity index is 1580. The van der Waals surface area contributed by atoms with Crippen molar-refractivity contribution in [2.45, 2.75) is 316 Å². The lowest BCUT2D eigenvalue weighted by molar-refractivity contribution is -0.149. The average molecular weight is 1150 g/mol. The van der Waals surface area contributed by atoms with Gasteiger partial charge in [0.1, 0.15) is 12.2 Å². The number of carbonyl (C=O) groups excluding carboxylic acids is 2. The molecule has 2 aromatic carbocycles. The Morgan fingerprint density at radius 2 is 0.823 bits per heavy atom. The zero-order valence-corrected chi connectivity index (χ0v) is 55.6. The second kappa shape index (κ2) is 49.6. The fraction of sp³-hybridized carbons (Fsp3) is 0.800. The number of thioether (sulfide) groups is 2. The highest BCUT2D eigenvalue weighted by Gasteiger charge is 2.50. The number of unbranched alkanes of at least 4 members (excludes halogenated alkanes) is 23. The molecule has 0 spiro atoms. The number of hydrogen-bond acceptors (Lipinski definition) is 8. The van der Waals surface area contributed by atoms with E-state index in [1.165, 1.54) is 164 Å². The SMILES string of the molecule is CCCCCCCCCC(=O)OC(CCCCCC(CCCCCC(CSCCCCCC)OC(=O)CCCCCCCCC)N(CCC)CCCCO[Si](c1ccccc1)(c1ccccc1)C(C)(C)C)CSCCCCCC. The van der Waals surface area contributed by atoms with E-state index in [1.807, 2.05) is 23.5 Å². The molecule has 0 aliphatic heterocycles. The first kappa shape index (κ1) is 73.3. The maximum atomic E-state index is 13.2. The summed E-state index contributed by atoms with van der Waals surface area (Å²) in [5.74, 6) is 4.22. The minimum absolute atomic E-state index is 0.0199. The summed E-state index contributed by atoms with van der Waals surface area (Å²) in [6.45, 7) is 21.6. The molecule has 79 heavy (non-hydrogen) atoms. The second-order valence-electron chi connectivity index (χ2n) is 24.4. The lowest BCUT2D eigenvalue weighted by Gasteiger charge is -2.43. The summed E-state index contributed by atoms with van der Waals surface area (Å²) in [7, 11) is -2.58. The molecular formula is C70H125NO5S2Si. The quantitative estimate of drug-likeness (QED) is 0.0369. The average Bonchev–Trinajstić information content (AvgIpc) is 3.65. The molecular weight excluding hydrogens is 1030 g/mol. The molecule has 0 aliphatic carbocycles. The molecule has 0 amide bonds. The van der Waals surface area contributed by atoms with Crippen molar-refractivity contribution in [2.75, 3.05) is 42.7 Å². The van der Waals surface area contributed by atoms with Gasteiger partial charge in [0, 0.05) is 37.0 Å². The van der Waals surface area contributed by atoms with Gasteiger partial charge in [-0.2, -0.15) is 23.5 Å². The smallest absolute Gasteiger partial charge is 0.306 e. The van der Waals surface area contributed by atoms with E-state index in [4.69, 9.17) is 13.9 Å². The van der Waals surface area contributed by atoms with Crippen LogP contribution in [0.15, 0.2) is 60.7 Å². The zero-order valence-electron chi connectivity index (χ0n) is 52.9. The van der Waals surface area contributed by atoms with Crippen LogP contribution in [0.5, 0.6) is 0 Å². The molecule has 0 radical (unpaired) electrons. The van der Waals surface area contributed by atoms with Crippen molar-refractivity contribution < 1.29 is 23.5 Å². The first-order chi connectivity index (χ1) is 38.6. The van der Waals surface area contributed by atoms with Crippen LogP contribution in [0.2, 0.25) is 5.04 Å². The largest absolute Gasteiger partial charge is 0.461 e. The molecule has 0 saturated heterocycles. The number of esters is 2. The molecule has 0 bridgehead atoms. The van der Waals surface area contributed by atoms with Gasteiger partial charge in [-0.3, -0.25) is 9.59 Å². The monoisotopic (exact) mass is 1150 g/mol. The van der Waals surface area contributed by atoms with Crippen molar-refractivity contribution >= 4 is 54.2 Å². The third-order valence-electron chi connectivity index (χ3n) is 16.2. The summed E-state index contributed by atoms with van der Waals surface area (Å²) in [5, 5.41) is 2.67. The molecule has 456 valence electrons. The van der Waals surface area contributed by atoms with E-state index < -0.39 is 8.32 Å². The molecule has 9 heteroatoms. The first-order valence-electron chi connectivity index (χ1n) is 33.6. The van der Waals surface area contributed by atoms with Gasteiger partial charge in [0.15, 0.2) is 0 Å². The van der Waals surface area contributed by atoms with Gasteiger partial charge in [-0.25, -0.2) is 0 Å². The maximum Gasteiger partial charge on any atom is 0.306 e. The number of rotatable bonds is 55. The summed E-state index contributed by atoms with van der Waals surface area (Å²) in [5.41, 5.74) is 0. The minimum atomic E-state index is -2.58. The third kappa shape index (κ3) is 35.2. The molecule has 0 heterocycles. The van der Waals surface area contributed by atoms with Crippen LogP contribution in [0.25, 0.3) is 0 Å². The Morgan fingerprint density at radius 3 is 1.23 bits per heavy atom. The Hall–Kier alpha value is -1.78. The maximum absolute atomic E-state index is 13.2. The van der Waals surface area contributed by atoms with Gasteiger partial charge in [0.25, 0.3) is 8.32 Å². The highest BCUT2D eigenvalue weighted by atomic mass is 32.2. The number of hydrogen-bond donors (Lipinski definition) is 0. The lowest BCUT2D eigenvalue weighted by Crippen LogP contribution is -2.66. The second-order valence-corrected chi connectivity index (χ2v) is 31.0. The number of benzene rings is 2. The van der Waals surface area contributed by atoms with Crippen molar-refractivity contribution in [1.82, 2.24) is 4.90 Å². The van der Waals surface area contributed by atoms with Crippen LogP contribution in [0.4, 0.5) is 0 Å². The van der Waals surface area contributed by atoms with Crippen LogP contribution >= 0.6 is 23.5 Å². The summed E-state index contributed by atoms with van der Waals surface area (Å²) < 4.78 is 19.9. The Kier molecular flexibility index (Phi) is 46.1. The molecule has 0 aromatic heterocycles. The molecule has 2 atom stereocenters. The van der Waals surface area contributed by atoms with E-state index in [2.05, 4.69) is 121 Å². The molecule has 2 unspecified atom stereocenters. The van der Waals surface area contributed by atoms with Crippen molar-refractivity contribution in [3.63, 3.8) is 0 Å². The topological polar surface area (TPSA) is 65.1 Å². The number of carbonyl (C=O) groups is 2. The van der Waals surface area contributed by atoms with Gasteiger partial charge >= 0.3 is 11.9 Å². The molecule has 6 nitrogen and oxygen atoms in total. The van der Waals surface area contributed by atoms with Crippen molar-refractivity contribution in [3.05, 3.63) is 60.7 Å². The standard InChI is InChI=1S/C70H125NO5S2Si/c1-9-14-18-22-24-26-40-54-68(72)75-64(61-77-59-44-20-16-11-3)48-34-28-32-46-63(47-33-29-35-49-65(62-78-60-45-21-17-12-4)76-69(73)55-41-27-25-23-19-15-10-2)71(56-13-5)57-42-43-58-74-79(70(6,7)8,66-50-36-30-37-51-66)67-52-38-31-39-53-67/h30-31,36-39,50-53,63-65H,9-29,32-35,40-49,54-62H2,1-8H3. The van der Waals surface area contributed by atoms with E-state index in [9.17, 15) is 9.59 Å². The van der Waals surface area contributed by atoms with Crippen molar-refractivity contribution in [1.29, 1.82) is 0 Å². The number of nitrogens with zero attached hydrogens (tertiary/aromatic N) is 1. The van der Waals surface area contributed by atoms with Crippen LogP contribution < -0.4 is 10.4 Å². The van der Waals surface area contributed by atoms with E-state index in [0.717, 1.165) is 113 Å². The summed E-state index contributed by atoms with van der Waals surface area (Å²) in [6.07, 6.45) is 43.1. The summed E-state index contributed by atoms with van der Waals surface area (Å²) >= 11 is 3.99. The fourth-order valence-corrected chi connectivity index (χ4v) is 18.3. The molecule has 2 aromatic rings. The molecule has 0 aliphatic rings. The van der Waals surface area contributed by atoms with Gasteiger partial charge in [0.2, 0.25) is 0 Å². The van der Waals surface area contributed by atoms with Crippen LogP contribution in [0.1, 0.15) is 293 Å². The van der Waals surface area contributed by atoms with Crippen molar-refractivity contribution in [3.8, 4) is 0 Å². The fourth-order valence-electron chi connectivity index (χ4n) is 11.5.